The molecule has 0 aromatic heterocycles. The fourth-order valence-electron chi connectivity index (χ4n) is 2.11. The monoisotopic (exact) mass is 433 g/mol. The number of alkyl halides is 3. The molecule has 0 bridgehead atoms. The van der Waals surface area contributed by atoms with Gasteiger partial charge in [-0.2, -0.15) is 0 Å². The number of nitrogens with one attached hydrogen (secondary N) is 1. The predicted octanol–water partition coefficient (Wildman–Crippen LogP) is 5.01. The van der Waals surface area contributed by atoms with Crippen LogP contribution in [0.4, 0.5) is 18.9 Å². The van der Waals surface area contributed by atoms with Gasteiger partial charge in [-0.15, -0.1) is 13.2 Å². The summed E-state index contributed by atoms with van der Waals surface area (Å²) in [6, 6.07) is 8.17. The van der Waals surface area contributed by atoms with Gasteiger partial charge in [0.15, 0.2) is 17.2 Å². The SMILES string of the molecule is CCOc1c(Br)cc(C(=O)Nc2ccccc2OC(F)(F)F)cc1OC. The Morgan fingerprint density at radius 1 is 1.19 bits per heavy atom. The number of anilines is 1. The van der Waals surface area contributed by atoms with Gasteiger partial charge in [-0.25, -0.2) is 0 Å². The van der Waals surface area contributed by atoms with E-state index < -0.39 is 18.0 Å². The maximum Gasteiger partial charge on any atom is 0.573 e. The van der Waals surface area contributed by atoms with Gasteiger partial charge < -0.3 is 19.5 Å². The lowest BCUT2D eigenvalue weighted by molar-refractivity contribution is -0.274. The van der Waals surface area contributed by atoms with Gasteiger partial charge in [0, 0.05) is 5.56 Å². The zero-order chi connectivity index (χ0) is 19.3. The second kappa shape index (κ2) is 8.31. The molecular weight excluding hydrogens is 419 g/mol. The molecule has 2 aromatic carbocycles. The molecule has 0 unspecified atom stereocenters. The Kier molecular flexibility index (Phi) is 6.36. The van der Waals surface area contributed by atoms with Crippen LogP contribution in [0, 0.1) is 0 Å². The lowest BCUT2D eigenvalue weighted by atomic mass is 10.1. The van der Waals surface area contributed by atoms with E-state index in [1.165, 1.54) is 37.4 Å². The second-order valence-corrected chi connectivity index (χ2v) is 5.77. The normalized spacial score (nSPS) is 11.0. The van der Waals surface area contributed by atoms with E-state index in [4.69, 9.17) is 9.47 Å². The van der Waals surface area contributed by atoms with E-state index in [1.807, 2.05) is 0 Å². The molecule has 0 aliphatic heterocycles. The van der Waals surface area contributed by atoms with Gasteiger partial charge in [0.2, 0.25) is 0 Å². The van der Waals surface area contributed by atoms with Crippen molar-refractivity contribution in [2.45, 2.75) is 13.3 Å². The molecule has 0 radical (unpaired) electrons. The fourth-order valence-corrected chi connectivity index (χ4v) is 2.67. The molecule has 0 fully saturated rings. The summed E-state index contributed by atoms with van der Waals surface area (Å²) >= 11 is 3.29. The van der Waals surface area contributed by atoms with Gasteiger partial charge in [0.25, 0.3) is 5.91 Å². The lowest BCUT2D eigenvalue weighted by Crippen LogP contribution is -2.19. The first-order chi connectivity index (χ1) is 12.2. The van der Waals surface area contributed by atoms with Crippen molar-refractivity contribution < 1.29 is 32.2 Å². The number of hydrogen-bond donors (Lipinski definition) is 1. The molecule has 0 heterocycles. The molecule has 0 saturated heterocycles. The van der Waals surface area contributed by atoms with Crippen molar-refractivity contribution in [3.8, 4) is 17.2 Å². The van der Waals surface area contributed by atoms with Gasteiger partial charge in [-0.1, -0.05) is 12.1 Å². The average Bonchev–Trinajstić information content (AvgIpc) is 2.57. The molecule has 0 saturated carbocycles. The van der Waals surface area contributed by atoms with E-state index in [0.29, 0.717) is 22.6 Å². The molecule has 1 amide bonds. The molecule has 0 atom stereocenters. The van der Waals surface area contributed by atoms with Crippen molar-refractivity contribution >= 4 is 27.5 Å². The van der Waals surface area contributed by atoms with Crippen molar-refractivity contribution in [3.63, 3.8) is 0 Å². The minimum Gasteiger partial charge on any atom is -0.493 e. The molecule has 140 valence electrons. The van der Waals surface area contributed by atoms with E-state index in [2.05, 4.69) is 26.0 Å². The maximum atomic E-state index is 12.5. The summed E-state index contributed by atoms with van der Waals surface area (Å²) in [5.74, 6) is -0.408. The minimum absolute atomic E-state index is 0.112. The smallest absolute Gasteiger partial charge is 0.493 e. The molecule has 0 spiro atoms. The zero-order valence-electron chi connectivity index (χ0n) is 13.8. The van der Waals surface area contributed by atoms with Crippen LogP contribution in [0.15, 0.2) is 40.9 Å². The van der Waals surface area contributed by atoms with Crippen molar-refractivity contribution in [3.05, 3.63) is 46.4 Å². The van der Waals surface area contributed by atoms with Crippen molar-refractivity contribution in [1.29, 1.82) is 0 Å². The summed E-state index contributed by atoms with van der Waals surface area (Å²) in [4.78, 5) is 12.5. The molecule has 0 aliphatic carbocycles. The highest BCUT2D eigenvalue weighted by molar-refractivity contribution is 9.10. The average molecular weight is 434 g/mol. The van der Waals surface area contributed by atoms with Crippen molar-refractivity contribution in [2.24, 2.45) is 0 Å². The summed E-state index contributed by atoms with van der Waals surface area (Å²) in [5.41, 5.74) is 0.0535. The van der Waals surface area contributed by atoms with Crippen LogP contribution in [-0.2, 0) is 0 Å². The van der Waals surface area contributed by atoms with Gasteiger partial charge in [-0.05, 0) is 47.1 Å². The van der Waals surface area contributed by atoms with E-state index in [9.17, 15) is 18.0 Å². The number of hydrogen-bond acceptors (Lipinski definition) is 4. The topological polar surface area (TPSA) is 56.8 Å². The highest BCUT2D eigenvalue weighted by atomic mass is 79.9. The number of carbonyl (C=O) groups is 1. The fraction of sp³-hybridized carbons (Fsp3) is 0.235. The van der Waals surface area contributed by atoms with Gasteiger partial charge >= 0.3 is 6.36 Å². The molecule has 2 rings (SSSR count). The number of carbonyl (C=O) groups excluding carboxylic acids is 1. The Balaban J connectivity index is 2.30. The predicted molar refractivity (Wildman–Crippen MR) is 92.9 cm³/mol. The van der Waals surface area contributed by atoms with Gasteiger partial charge in [0.05, 0.1) is 23.9 Å². The Morgan fingerprint density at radius 3 is 2.50 bits per heavy atom. The highest BCUT2D eigenvalue weighted by Gasteiger charge is 2.32. The second-order valence-electron chi connectivity index (χ2n) is 4.92. The van der Waals surface area contributed by atoms with Crippen LogP contribution in [0.5, 0.6) is 17.2 Å². The number of ether oxygens (including phenoxy) is 3. The van der Waals surface area contributed by atoms with E-state index in [1.54, 1.807) is 6.92 Å². The van der Waals surface area contributed by atoms with Crippen LogP contribution in [0.3, 0.4) is 0 Å². The third-order valence-corrected chi connectivity index (χ3v) is 3.73. The first-order valence-electron chi connectivity index (χ1n) is 7.41. The van der Waals surface area contributed by atoms with E-state index in [0.717, 1.165) is 6.07 Å². The summed E-state index contributed by atoms with van der Waals surface area (Å²) in [6.07, 6.45) is -4.87. The third kappa shape index (κ3) is 5.04. The van der Waals surface area contributed by atoms with Gasteiger partial charge in [0.1, 0.15) is 0 Å². The Morgan fingerprint density at radius 2 is 1.88 bits per heavy atom. The first-order valence-corrected chi connectivity index (χ1v) is 8.21. The number of rotatable bonds is 6. The number of amides is 1. The van der Waals surface area contributed by atoms with Crippen LogP contribution < -0.4 is 19.5 Å². The summed E-state index contributed by atoms with van der Waals surface area (Å²) in [6.45, 7) is 2.19. The molecular formula is C17H15BrF3NO4. The Hall–Kier alpha value is -2.42. The van der Waals surface area contributed by atoms with Crippen LogP contribution in [-0.4, -0.2) is 26.0 Å². The van der Waals surface area contributed by atoms with E-state index >= 15 is 0 Å². The van der Waals surface area contributed by atoms with Crippen LogP contribution in [0.1, 0.15) is 17.3 Å². The molecule has 0 aliphatic rings. The lowest BCUT2D eigenvalue weighted by Gasteiger charge is -2.15. The summed E-state index contributed by atoms with van der Waals surface area (Å²) in [5, 5.41) is 2.40. The third-order valence-electron chi connectivity index (χ3n) is 3.14. The zero-order valence-corrected chi connectivity index (χ0v) is 15.4. The van der Waals surface area contributed by atoms with Crippen molar-refractivity contribution in [2.75, 3.05) is 19.0 Å². The number of benzene rings is 2. The molecule has 1 N–H and O–H groups in total. The van der Waals surface area contributed by atoms with E-state index in [-0.39, 0.29) is 11.3 Å². The maximum absolute atomic E-state index is 12.5. The van der Waals surface area contributed by atoms with Crippen LogP contribution >= 0.6 is 15.9 Å². The number of halogens is 4. The number of methoxy groups -OCH3 is 1. The molecule has 9 heteroatoms. The highest BCUT2D eigenvalue weighted by Crippen LogP contribution is 2.37. The number of para-hydroxylation sites is 2. The summed E-state index contributed by atoms with van der Waals surface area (Å²) < 4.78 is 52.5. The van der Waals surface area contributed by atoms with Crippen LogP contribution in [0.2, 0.25) is 0 Å². The molecule has 26 heavy (non-hydrogen) atoms. The Bertz CT molecular complexity index is 796. The first kappa shape index (κ1) is 19.9. The largest absolute Gasteiger partial charge is 0.573 e. The van der Waals surface area contributed by atoms with Crippen LogP contribution in [0.25, 0.3) is 0 Å². The van der Waals surface area contributed by atoms with Gasteiger partial charge in [-0.3, -0.25) is 4.79 Å². The standard InChI is InChI=1S/C17H15BrF3NO4/c1-3-25-15-11(18)8-10(9-14(15)24-2)16(23)22-12-6-4-5-7-13(12)26-17(19,20)21/h4-9H,3H2,1-2H3,(H,22,23). The summed E-state index contributed by atoms with van der Waals surface area (Å²) in [7, 11) is 1.42. The Labute approximate surface area is 156 Å². The molecule has 5 nitrogen and oxygen atoms in total. The van der Waals surface area contributed by atoms with Crippen molar-refractivity contribution in [1.82, 2.24) is 0 Å². The molecule has 2 aromatic rings. The minimum atomic E-state index is -4.87. The quantitative estimate of drug-likeness (QED) is 0.695.